The van der Waals surface area contributed by atoms with Crippen molar-refractivity contribution in [3.05, 3.63) is 11.6 Å². The van der Waals surface area contributed by atoms with Crippen LogP contribution in [0, 0.1) is 16.7 Å². The smallest absolute Gasteiger partial charge is 0.161 e. The minimum Gasteiger partial charge on any atom is -0.392 e. The zero-order valence-corrected chi connectivity index (χ0v) is 41.5. The first-order valence-corrected chi connectivity index (χ1v) is 24.9. The maximum Gasteiger partial charge on any atom is 0.161 e. The molecule has 0 unspecified atom stereocenters. The second-order valence-electron chi connectivity index (χ2n) is 21.7. The minimum atomic E-state index is -1.81. The first-order valence-electron chi connectivity index (χ1n) is 24.9. The lowest BCUT2D eigenvalue weighted by molar-refractivity contribution is -0.347. The summed E-state index contributed by atoms with van der Waals surface area (Å²) in [6, 6.07) is 0. The van der Waals surface area contributed by atoms with Crippen LogP contribution >= 0.6 is 0 Å². The molecule has 18 nitrogen and oxygen atoms in total. The van der Waals surface area contributed by atoms with E-state index in [2.05, 4.69) is 6.92 Å². The Morgan fingerprint density at radius 1 is 0.612 bits per heavy atom. The number of fused-ring (bicyclic) bond motifs is 5. The van der Waals surface area contributed by atoms with Gasteiger partial charge in [0.1, 0.15) is 41.2 Å². The molecule has 0 bridgehead atoms. The molecule has 0 aromatic carbocycles. The molecule has 4 aliphatic heterocycles. The third-order valence-corrected chi connectivity index (χ3v) is 18.3. The third kappa shape index (κ3) is 8.83. The van der Waals surface area contributed by atoms with Crippen molar-refractivity contribution >= 4 is 0 Å². The molecule has 4 saturated heterocycles. The second-order valence-corrected chi connectivity index (χ2v) is 21.7. The van der Waals surface area contributed by atoms with E-state index in [1.807, 2.05) is 26.8 Å². The van der Waals surface area contributed by atoms with Gasteiger partial charge < -0.3 is 87.5 Å². The van der Waals surface area contributed by atoms with Crippen molar-refractivity contribution in [2.75, 3.05) is 28.4 Å². The van der Waals surface area contributed by atoms with Crippen molar-refractivity contribution in [1.29, 1.82) is 0 Å². The van der Waals surface area contributed by atoms with Crippen LogP contribution in [0.15, 0.2) is 11.6 Å². The fraction of sp³-hybridized carbons (Fsp3) is 0.959. The molecule has 4 heterocycles. The molecule has 6 N–H and O–H groups in total. The quantitative estimate of drug-likeness (QED) is 0.146. The van der Waals surface area contributed by atoms with E-state index < -0.39 is 126 Å². The van der Waals surface area contributed by atoms with E-state index in [4.69, 9.17) is 56.8 Å². The monoisotopic (exact) mass is 959 g/mol. The Balaban J connectivity index is 0.847. The van der Waals surface area contributed by atoms with Gasteiger partial charge in [0.25, 0.3) is 0 Å². The van der Waals surface area contributed by atoms with Crippen molar-refractivity contribution in [3.63, 3.8) is 0 Å². The fourth-order valence-electron chi connectivity index (χ4n) is 14.1. The summed E-state index contributed by atoms with van der Waals surface area (Å²) in [4.78, 5) is 0. The molecule has 0 aromatic heterocycles. The van der Waals surface area contributed by atoms with E-state index in [0.717, 1.165) is 5.57 Å². The number of ether oxygens (including phenoxy) is 12. The van der Waals surface area contributed by atoms with Gasteiger partial charge in [-0.05, 0) is 85.0 Å². The largest absolute Gasteiger partial charge is 0.392 e. The van der Waals surface area contributed by atoms with Crippen LogP contribution in [0.2, 0.25) is 0 Å². The molecule has 8 aliphatic rings. The summed E-state index contributed by atoms with van der Waals surface area (Å²) in [5.41, 5.74) is -6.08. The zero-order chi connectivity index (χ0) is 48.6. The topological polar surface area (TPSA) is 232 Å². The molecule has 0 radical (unpaired) electrons. The van der Waals surface area contributed by atoms with Gasteiger partial charge in [-0.15, -0.1) is 0 Å². The van der Waals surface area contributed by atoms with Gasteiger partial charge in [-0.1, -0.05) is 25.5 Å². The summed E-state index contributed by atoms with van der Waals surface area (Å²) in [5.74, 6) is -0.467. The maximum atomic E-state index is 12.6. The van der Waals surface area contributed by atoms with Gasteiger partial charge >= 0.3 is 0 Å². The average molecular weight is 959 g/mol. The lowest BCUT2D eigenvalue weighted by Gasteiger charge is -2.67. The SMILES string of the molecule is CO[C@H]1C[C@@H](O[C@@H]2[C@@H](C)O[C@@H](O[C@H]3[C@@H](OC)C[C@H](O[C@H]4[C@@H](OC)C[C@H](O[C@H]5CC[C@@]6(C)C(=CC[C@]7(O)[C@@H]6C[C@@H](O)[C@@]6(C)[C@]7(O)CC[C@@]6(O)[C@H](C)O)C5)O[C@@H]4C)O[C@@H]3C)C[C@H]2OC)O[C@H](C)[C@H]1O. The number of aliphatic hydroxyl groups excluding tert-OH is 3. The number of hydrogen-bond donors (Lipinski definition) is 6. The van der Waals surface area contributed by atoms with Gasteiger partial charge in [0.2, 0.25) is 0 Å². The summed E-state index contributed by atoms with van der Waals surface area (Å²) in [7, 11) is 6.50. The highest BCUT2D eigenvalue weighted by atomic mass is 16.8. The van der Waals surface area contributed by atoms with Crippen molar-refractivity contribution in [1.82, 2.24) is 0 Å². The number of hydrogen-bond acceptors (Lipinski definition) is 18. The van der Waals surface area contributed by atoms with Gasteiger partial charge in [0.15, 0.2) is 25.2 Å². The Morgan fingerprint density at radius 2 is 1.06 bits per heavy atom. The minimum absolute atomic E-state index is 0.0702. The van der Waals surface area contributed by atoms with Gasteiger partial charge in [0.05, 0.1) is 72.6 Å². The Kier molecular flexibility index (Phi) is 15.5. The fourth-order valence-corrected chi connectivity index (χ4v) is 14.1. The number of rotatable bonds is 13. The standard InChI is InChI=1S/C49H82O18/c1-24-41(52)31(56-8)19-38(60-24)65-43-26(3)62-40(21-33(43)58-10)67-44-27(4)63-39(22-34(44)59-11)66-42-25(2)61-37(20-32(42)57-9)64-30-13-14-45(6)29(18-30)12-15-48(54)35(45)23-36(51)46(7)47(53,28(5)50)16-17-49(46,48)55/h12,24-28,30-44,50-55H,13-23H2,1-11H3/t24-,25-,26-,27-,28+,30+,31+,32+,33-,34+,35-,36-,37+,38-,39+,40+,41-,42-,43-,44-,45+,46-,47-,48+,49-/m1/s1. The van der Waals surface area contributed by atoms with Crippen LogP contribution in [0.4, 0.5) is 0 Å². The number of aliphatic hydroxyl groups is 6. The van der Waals surface area contributed by atoms with Gasteiger partial charge in [-0.3, -0.25) is 0 Å². The molecule has 386 valence electrons. The summed E-state index contributed by atoms with van der Waals surface area (Å²) in [5, 5.41) is 69.6. The summed E-state index contributed by atoms with van der Waals surface area (Å²) < 4.78 is 75.0. The van der Waals surface area contributed by atoms with Crippen LogP contribution < -0.4 is 0 Å². The molecule has 4 aliphatic carbocycles. The molecular weight excluding hydrogens is 877 g/mol. The summed E-state index contributed by atoms with van der Waals surface area (Å²) >= 11 is 0. The van der Waals surface area contributed by atoms with Gasteiger partial charge in [-0.2, -0.15) is 0 Å². The Morgan fingerprint density at radius 3 is 1.52 bits per heavy atom. The lowest BCUT2D eigenvalue weighted by Crippen LogP contribution is -2.78. The third-order valence-electron chi connectivity index (χ3n) is 18.3. The zero-order valence-electron chi connectivity index (χ0n) is 41.5. The molecule has 0 aromatic rings. The van der Waals surface area contributed by atoms with E-state index in [1.165, 1.54) is 6.92 Å². The Labute approximate surface area is 396 Å². The highest BCUT2D eigenvalue weighted by Crippen LogP contribution is 2.70. The van der Waals surface area contributed by atoms with Crippen LogP contribution in [0.5, 0.6) is 0 Å². The van der Waals surface area contributed by atoms with E-state index in [0.29, 0.717) is 44.9 Å². The van der Waals surface area contributed by atoms with E-state index in [1.54, 1.807) is 42.3 Å². The predicted molar refractivity (Wildman–Crippen MR) is 237 cm³/mol. The second kappa shape index (κ2) is 19.8. The van der Waals surface area contributed by atoms with Crippen molar-refractivity contribution in [2.45, 2.75) is 253 Å². The molecule has 25 atom stereocenters. The van der Waals surface area contributed by atoms with Crippen molar-refractivity contribution < 1.29 is 87.5 Å². The van der Waals surface area contributed by atoms with Crippen LogP contribution in [-0.4, -0.2) is 193 Å². The van der Waals surface area contributed by atoms with Gasteiger partial charge in [0, 0.05) is 60.0 Å². The summed E-state index contributed by atoms with van der Waals surface area (Å²) in [6.07, 6.45) is -4.25. The molecule has 0 amide bonds. The first-order chi connectivity index (χ1) is 31.6. The molecule has 7 fully saturated rings. The highest BCUT2D eigenvalue weighted by molar-refractivity contribution is 5.36. The number of methoxy groups -OCH3 is 4. The molecule has 3 saturated carbocycles. The first kappa shape index (κ1) is 52.3. The van der Waals surface area contributed by atoms with Crippen LogP contribution in [0.3, 0.4) is 0 Å². The Bertz CT molecular complexity index is 1720. The normalized spacial score (nSPS) is 54.1. The lowest BCUT2D eigenvalue weighted by atomic mass is 9.42. The van der Waals surface area contributed by atoms with E-state index in [9.17, 15) is 30.6 Å². The molecular formula is C49H82O18. The average Bonchev–Trinajstić information content (AvgIpc) is 3.52. The van der Waals surface area contributed by atoms with Crippen molar-refractivity contribution in [3.8, 4) is 0 Å². The summed E-state index contributed by atoms with van der Waals surface area (Å²) in [6.45, 7) is 12.8. The molecule has 0 spiro atoms. The van der Waals surface area contributed by atoms with Crippen LogP contribution in [0.25, 0.3) is 0 Å². The van der Waals surface area contributed by atoms with E-state index in [-0.39, 0.29) is 50.1 Å². The Hall–Kier alpha value is -0.980. The van der Waals surface area contributed by atoms with E-state index >= 15 is 0 Å². The predicted octanol–water partition coefficient (Wildman–Crippen LogP) is 2.76. The highest BCUT2D eigenvalue weighted by Gasteiger charge is 2.80. The molecule has 67 heavy (non-hydrogen) atoms. The maximum absolute atomic E-state index is 12.6. The van der Waals surface area contributed by atoms with Gasteiger partial charge in [-0.25, -0.2) is 0 Å². The van der Waals surface area contributed by atoms with Crippen LogP contribution in [-0.2, 0) is 56.8 Å². The van der Waals surface area contributed by atoms with Crippen molar-refractivity contribution in [2.24, 2.45) is 16.7 Å². The van der Waals surface area contributed by atoms with Crippen LogP contribution in [0.1, 0.15) is 119 Å². The molecule has 18 heteroatoms. The molecule has 8 rings (SSSR count).